The predicted octanol–water partition coefficient (Wildman–Crippen LogP) is 4.05. The van der Waals surface area contributed by atoms with Crippen molar-refractivity contribution in [2.24, 2.45) is 0 Å². The molecule has 1 aliphatic heterocycles. The van der Waals surface area contributed by atoms with E-state index in [2.05, 4.69) is 22.4 Å². The number of nitrogens with zero attached hydrogens (tertiary/aromatic N) is 3. The maximum absolute atomic E-state index is 12.3. The predicted molar refractivity (Wildman–Crippen MR) is 96.9 cm³/mol. The van der Waals surface area contributed by atoms with Gasteiger partial charge in [0.15, 0.2) is 0 Å². The molecule has 25 heavy (non-hydrogen) atoms. The van der Waals surface area contributed by atoms with Crippen molar-refractivity contribution in [2.45, 2.75) is 19.8 Å². The maximum atomic E-state index is 12.3. The van der Waals surface area contributed by atoms with Crippen LogP contribution in [0, 0.1) is 13.8 Å². The van der Waals surface area contributed by atoms with Crippen molar-refractivity contribution >= 4 is 23.1 Å². The first kappa shape index (κ1) is 15.8. The Morgan fingerprint density at radius 1 is 1.28 bits per heavy atom. The van der Waals surface area contributed by atoms with E-state index in [0.29, 0.717) is 24.8 Å². The van der Waals surface area contributed by atoms with Crippen molar-refractivity contribution in [3.63, 3.8) is 0 Å². The summed E-state index contributed by atoms with van der Waals surface area (Å²) in [6.45, 7) is 5.25. The van der Waals surface area contributed by atoms with Crippen LogP contribution in [-0.4, -0.2) is 34.2 Å². The Bertz CT molecular complexity index is 898. The molecule has 0 radical (unpaired) electrons. The smallest absolute Gasteiger partial charge is 0.321 e. The average molecular weight is 354 g/mol. The molecule has 4 rings (SSSR count). The van der Waals surface area contributed by atoms with Crippen LogP contribution in [-0.2, 0) is 0 Å². The number of aromatic nitrogens is 2. The van der Waals surface area contributed by atoms with E-state index in [4.69, 9.17) is 4.52 Å². The van der Waals surface area contributed by atoms with Crippen molar-refractivity contribution < 1.29 is 9.32 Å². The highest BCUT2D eigenvalue weighted by molar-refractivity contribution is 7.08. The van der Waals surface area contributed by atoms with Gasteiger partial charge in [0.2, 0.25) is 11.7 Å². The van der Waals surface area contributed by atoms with Gasteiger partial charge in [-0.2, -0.15) is 16.3 Å². The molecule has 1 aromatic carbocycles. The summed E-state index contributed by atoms with van der Waals surface area (Å²) < 4.78 is 5.35. The monoisotopic (exact) mass is 354 g/mol. The summed E-state index contributed by atoms with van der Waals surface area (Å²) in [6.07, 6.45) is 0. The summed E-state index contributed by atoms with van der Waals surface area (Å²) in [4.78, 5) is 18.5. The van der Waals surface area contributed by atoms with Crippen molar-refractivity contribution in [3.8, 4) is 11.4 Å². The summed E-state index contributed by atoms with van der Waals surface area (Å²) in [6, 6.07) is 7.77. The number of carbonyl (C=O) groups excluding carboxylic acids is 1. The highest BCUT2D eigenvalue weighted by atomic mass is 32.1. The van der Waals surface area contributed by atoms with Gasteiger partial charge in [0.05, 0.1) is 5.92 Å². The Labute approximate surface area is 149 Å². The van der Waals surface area contributed by atoms with Crippen LogP contribution in [0.4, 0.5) is 10.5 Å². The molecule has 1 aliphatic rings. The average Bonchev–Trinajstić information content (AvgIpc) is 3.20. The molecular weight excluding hydrogens is 336 g/mol. The Hall–Kier alpha value is -2.67. The van der Waals surface area contributed by atoms with E-state index >= 15 is 0 Å². The number of likely N-dealkylation sites (tertiary alicyclic amines) is 1. The molecule has 0 bridgehead atoms. The molecule has 1 saturated heterocycles. The first-order valence-corrected chi connectivity index (χ1v) is 9.04. The SMILES string of the molecule is Cc1ccc(NC(=O)N2CC(c3nc(-c4ccsc4)no3)C2)cc1C. The Kier molecular flexibility index (Phi) is 4.01. The fraction of sp³-hybridized carbons (Fsp3) is 0.278. The normalized spacial score (nSPS) is 14.4. The van der Waals surface area contributed by atoms with Gasteiger partial charge in [0.25, 0.3) is 0 Å². The molecule has 2 amide bonds. The first-order chi connectivity index (χ1) is 12.1. The minimum absolute atomic E-state index is 0.0999. The summed E-state index contributed by atoms with van der Waals surface area (Å²) >= 11 is 1.60. The topological polar surface area (TPSA) is 71.3 Å². The van der Waals surface area contributed by atoms with Gasteiger partial charge in [-0.15, -0.1) is 0 Å². The lowest BCUT2D eigenvalue weighted by molar-refractivity contribution is 0.147. The number of aryl methyl sites for hydroxylation is 2. The minimum atomic E-state index is -0.0999. The van der Waals surface area contributed by atoms with E-state index in [1.54, 1.807) is 16.2 Å². The van der Waals surface area contributed by atoms with Gasteiger partial charge >= 0.3 is 6.03 Å². The van der Waals surface area contributed by atoms with Crippen LogP contribution in [0.2, 0.25) is 0 Å². The maximum Gasteiger partial charge on any atom is 0.321 e. The lowest BCUT2D eigenvalue weighted by Crippen LogP contribution is -2.50. The van der Waals surface area contributed by atoms with Crippen LogP contribution in [0.1, 0.15) is 22.9 Å². The van der Waals surface area contributed by atoms with Crippen molar-refractivity contribution in [3.05, 3.63) is 52.0 Å². The number of benzene rings is 1. The van der Waals surface area contributed by atoms with Crippen LogP contribution in [0.5, 0.6) is 0 Å². The van der Waals surface area contributed by atoms with Crippen LogP contribution < -0.4 is 5.32 Å². The fourth-order valence-electron chi connectivity index (χ4n) is 2.73. The quantitative estimate of drug-likeness (QED) is 0.770. The molecule has 0 spiro atoms. The van der Waals surface area contributed by atoms with Crippen molar-refractivity contribution in [1.29, 1.82) is 0 Å². The second-order valence-electron chi connectivity index (χ2n) is 6.30. The van der Waals surface area contributed by atoms with Gasteiger partial charge in [0, 0.05) is 29.7 Å². The number of anilines is 1. The van der Waals surface area contributed by atoms with E-state index in [9.17, 15) is 4.79 Å². The summed E-state index contributed by atoms with van der Waals surface area (Å²) in [5, 5.41) is 10.9. The summed E-state index contributed by atoms with van der Waals surface area (Å²) in [5.74, 6) is 1.30. The van der Waals surface area contributed by atoms with E-state index in [1.807, 2.05) is 41.9 Å². The third-order valence-electron chi connectivity index (χ3n) is 4.50. The highest BCUT2D eigenvalue weighted by Crippen LogP contribution is 2.28. The molecule has 0 aliphatic carbocycles. The molecule has 2 aromatic heterocycles. The van der Waals surface area contributed by atoms with E-state index in [-0.39, 0.29) is 11.9 Å². The molecule has 6 nitrogen and oxygen atoms in total. The van der Waals surface area contributed by atoms with E-state index < -0.39 is 0 Å². The number of nitrogens with one attached hydrogen (secondary N) is 1. The van der Waals surface area contributed by atoms with Crippen molar-refractivity contribution in [2.75, 3.05) is 18.4 Å². The number of hydrogen-bond acceptors (Lipinski definition) is 5. The minimum Gasteiger partial charge on any atom is -0.339 e. The number of urea groups is 1. The zero-order chi connectivity index (χ0) is 17.4. The van der Waals surface area contributed by atoms with Gasteiger partial charge in [-0.1, -0.05) is 11.2 Å². The lowest BCUT2D eigenvalue weighted by atomic mass is 10.0. The second-order valence-corrected chi connectivity index (χ2v) is 7.08. The molecule has 3 aromatic rings. The number of hydrogen-bond donors (Lipinski definition) is 1. The molecule has 128 valence electrons. The largest absolute Gasteiger partial charge is 0.339 e. The Morgan fingerprint density at radius 2 is 2.12 bits per heavy atom. The third kappa shape index (κ3) is 3.15. The first-order valence-electron chi connectivity index (χ1n) is 8.09. The molecule has 3 heterocycles. The summed E-state index contributed by atoms with van der Waals surface area (Å²) in [5.41, 5.74) is 4.14. The molecular formula is C18H18N4O2S. The molecule has 0 unspecified atom stereocenters. The van der Waals surface area contributed by atoms with E-state index in [1.165, 1.54) is 5.56 Å². The zero-order valence-electron chi connectivity index (χ0n) is 14.0. The van der Waals surface area contributed by atoms with Crippen LogP contribution in [0.15, 0.2) is 39.5 Å². The third-order valence-corrected chi connectivity index (χ3v) is 5.18. The van der Waals surface area contributed by atoms with Crippen LogP contribution >= 0.6 is 11.3 Å². The second kappa shape index (κ2) is 6.33. The van der Waals surface area contributed by atoms with Gasteiger partial charge < -0.3 is 14.7 Å². The van der Waals surface area contributed by atoms with Gasteiger partial charge in [0.1, 0.15) is 0 Å². The Morgan fingerprint density at radius 3 is 2.84 bits per heavy atom. The number of thiophene rings is 1. The van der Waals surface area contributed by atoms with E-state index in [0.717, 1.165) is 16.8 Å². The standard InChI is InChI=1S/C18H18N4O2S/c1-11-3-4-15(7-12(11)2)19-18(23)22-8-14(9-22)17-20-16(21-24-17)13-5-6-25-10-13/h3-7,10,14H,8-9H2,1-2H3,(H,19,23). The molecule has 1 N–H and O–H groups in total. The van der Waals surface area contributed by atoms with Crippen LogP contribution in [0.3, 0.4) is 0 Å². The molecule has 0 atom stereocenters. The molecule has 0 saturated carbocycles. The molecule has 7 heteroatoms. The van der Waals surface area contributed by atoms with Gasteiger partial charge in [-0.3, -0.25) is 0 Å². The number of amides is 2. The fourth-order valence-corrected chi connectivity index (χ4v) is 3.37. The Balaban J connectivity index is 1.35. The number of rotatable bonds is 3. The van der Waals surface area contributed by atoms with Gasteiger partial charge in [-0.05, 0) is 48.6 Å². The zero-order valence-corrected chi connectivity index (χ0v) is 14.8. The van der Waals surface area contributed by atoms with Crippen LogP contribution in [0.25, 0.3) is 11.4 Å². The van der Waals surface area contributed by atoms with Gasteiger partial charge in [-0.25, -0.2) is 4.79 Å². The van der Waals surface area contributed by atoms with Crippen molar-refractivity contribution in [1.82, 2.24) is 15.0 Å². The highest BCUT2D eigenvalue weighted by Gasteiger charge is 2.35. The summed E-state index contributed by atoms with van der Waals surface area (Å²) in [7, 11) is 0. The lowest BCUT2D eigenvalue weighted by Gasteiger charge is -2.36. The molecule has 1 fully saturated rings. The number of carbonyl (C=O) groups is 1.